The quantitative estimate of drug-likeness (QED) is 0.785. The van der Waals surface area contributed by atoms with Crippen molar-refractivity contribution in [1.82, 2.24) is 20.1 Å². The summed E-state index contributed by atoms with van der Waals surface area (Å²) >= 11 is 0. The molecule has 22 heavy (non-hydrogen) atoms. The van der Waals surface area contributed by atoms with Crippen molar-refractivity contribution in [2.75, 3.05) is 0 Å². The minimum Gasteiger partial charge on any atom is -0.308 e. The molecule has 2 heterocycles. The average Bonchev–Trinajstić information content (AvgIpc) is 2.85. The molecule has 1 N–H and O–H groups in total. The maximum atomic E-state index is 4.67. The highest BCUT2D eigenvalue weighted by atomic mass is 15.3. The van der Waals surface area contributed by atoms with Gasteiger partial charge >= 0.3 is 0 Å². The smallest absolute Gasteiger partial charge is 0.0648 e. The third kappa shape index (κ3) is 3.07. The van der Waals surface area contributed by atoms with Crippen molar-refractivity contribution in [3.8, 4) is 5.69 Å². The first-order valence-corrected chi connectivity index (χ1v) is 7.46. The second kappa shape index (κ2) is 6.54. The summed E-state index contributed by atoms with van der Waals surface area (Å²) in [4.78, 5) is 4.04. The van der Waals surface area contributed by atoms with Gasteiger partial charge in [0.15, 0.2) is 0 Å². The Hall–Kier alpha value is -2.46. The topological polar surface area (TPSA) is 42.7 Å². The lowest BCUT2D eigenvalue weighted by molar-refractivity contribution is 0.686. The van der Waals surface area contributed by atoms with Gasteiger partial charge in [-0.2, -0.15) is 5.10 Å². The maximum Gasteiger partial charge on any atom is 0.0648 e. The summed E-state index contributed by atoms with van der Waals surface area (Å²) < 4.78 is 2.01. The molecule has 0 amide bonds. The summed E-state index contributed by atoms with van der Waals surface area (Å²) in [6, 6.07) is 14.3. The van der Waals surface area contributed by atoms with Gasteiger partial charge in [-0.25, -0.2) is 4.68 Å². The molecule has 3 rings (SSSR count). The number of hydrogen-bond donors (Lipinski definition) is 1. The van der Waals surface area contributed by atoms with Gasteiger partial charge in [-0.15, -0.1) is 0 Å². The van der Waals surface area contributed by atoms with Gasteiger partial charge in [0.05, 0.1) is 11.4 Å². The van der Waals surface area contributed by atoms with E-state index in [-0.39, 0.29) is 0 Å². The van der Waals surface area contributed by atoms with Crippen LogP contribution in [-0.2, 0) is 13.1 Å². The molecular weight excluding hydrogens is 272 g/mol. The lowest BCUT2D eigenvalue weighted by atomic mass is 10.2. The monoisotopic (exact) mass is 292 g/mol. The molecule has 3 aromatic rings. The van der Waals surface area contributed by atoms with Gasteiger partial charge in [-0.05, 0) is 43.7 Å². The molecule has 0 aliphatic carbocycles. The first-order valence-electron chi connectivity index (χ1n) is 7.46. The summed E-state index contributed by atoms with van der Waals surface area (Å²) in [5, 5.41) is 8.16. The van der Waals surface area contributed by atoms with Crippen LogP contribution in [0.5, 0.6) is 0 Å². The van der Waals surface area contributed by atoms with E-state index in [1.54, 1.807) is 0 Å². The molecule has 1 aromatic carbocycles. The van der Waals surface area contributed by atoms with Crippen molar-refractivity contribution in [2.24, 2.45) is 0 Å². The Morgan fingerprint density at radius 2 is 1.68 bits per heavy atom. The minimum absolute atomic E-state index is 0.812. The molecule has 0 saturated carbocycles. The highest BCUT2D eigenvalue weighted by molar-refractivity contribution is 5.36. The molecule has 2 aromatic heterocycles. The molecule has 4 nitrogen and oxygen atoms in total. The number of rotatable bonds is 5. The van der Waals surface area contributed by atoms with E-state index in [2.05, 4.69) is 41.4 Å². The molecule has 0 aliphatic rings. The Labute approximate surface area is 130 Å². The van der Waals surface area contributed by atoms with Crippen LogP contribution in [0.3, 0.4) is 0 Å². The summed E-state index contributed by atoms with van der Waals surface area (Å²) in [7, 11) is 0. The Bertz CT molecular complexity index is 733. The van der Waals surface area contributed by atoms with Crippen molar-refractivity contribution in [3.63, 3.8) is 0 Å². The summed E-state index contributed by atoms with van der Waals surface area (Å²) in [5.41, 5.74) is 5.86. The molecule has 0 saturated heterocycles. The Morgan fingerprint density at radius 1 is 0.955 bits per heavy atom. The first kappa shape index (κ1) is 14.5. The van der Waals surface area contributed by atoms with Crippen LogP contribution in [0, 0.1) is 13.8 Å². The Morgan fingerprint density at radius 3 is 2.41 bits per heavy atom. The maximum absolute atomic E-state index is 4.67. The van der Waals surface area contributed by atoms with Gasteiger partial charge in [-0.3, -0.25) is 4.98 Å². The normalized spacial score (nSPS) is 10.8. The highest BCUT2D eigenvalue weighted by Gasteiger charge is 2.12. The van der Waals surface area contributed by atoms with Gasteiger partial charge in [0.25, 0.3) is 0 Å². The van der Waals surface area contributed by atoms with E-state index in [1.807, 2.05) is 47.4 Å². The van der Waals surface area contributed by atoms with Crippen molar-refractivity contribution >= 4 is 0 Å². The number of nitrogens with zero attached hydrogens (tertiary/aromatic N) is 3. The van der Waals surface area contributed by atoms with Gasteiger partial charge in [0.1, 0.15) is 0 Å². The second-order valence-corrected chi connectivity index (χ2v) is 5.36. The average molecular weight is 292 g/mol. The largest absolute Gasteiger partial charge is 0.308 e. The van der Waals surface area contributed by atoms with Crippen LogP contribution in [0.1, 0.15) is 22.5 Å². The third-order valence-electron chi connectivity index (χ3n) is 3.82. The molecular formula is C18H20N4. The summed E-state index contributed by atoms with van der Waals surface area (Å²) in [6.45, 7) is 5.83. The van der Waals surface area contributed by atoms with Crippen LogP contribution in [0.25, 0.3) is 5.69 Å². The van der Waals surface area contributed by atoms with E-state index in [4.69, 9.17) is 0 Å². The third-order valence-corrected chi connectivity index (χ3v) is 3.82. The molecule has 0 fully saturated rings. The molecule has 0 unspecified atom stereocenters. The lowest BCUT2D eigenvalue weighted by Gasteiger charge is -2.07. The number of pyridine rings is 1. The molecule has 0 atom stereocenters. The fraction of sp³-hybridized carbons (Fsp3) is 0.222. The highest BCUT2D eigenvalue weighted by Crippen LogP contribution is 2.17. The van der Waals surface area contributed by atoms with E-state index in [0.717, 1.165) is 24.5 Å². The zero-order valence-electron chi connectivity index (χ0n) is 13.0. The minimum atomic E-state index is 0.812. The predicted molar refractivity (Wildman–Crippen MR) is 87.8 cm³/mol. The van der Waals surface area contributed by atoms with Crippen LogP contribution in [0.4, 0.5) is 0 Å². The van der Waals surface area contributed by atoms with E-state index < -0.39 is 0 Å². The van der Waals surface area contributed by atoms with Crippen LogP contribution in [-0.4, -0.2) is 14.8 Å². The predicted octanol–water partition coefficient (Wildman–Crippen LogP) is 3.17. The molecule has 0 radical (unpaired) electrons. The number of aryl methyl sites for hydroxylation is 1. The van der Waals surface area contributed by atoms with Crippen molar-refractivity contribution < 1.29 is 0 Å². The molecule has 0 bridgehead atoms. The van der Waals surface area contributed by atoms with Gasteiger partial charge in [0.2, 0.25) is 0 Å². The van der Waals surface area contributed by atoms with Crippen LogP contribution >= 0.6 is 0 Å². The van der Waals surface area contributed by atoms with Gasteiger partial charge in [-0.1, -0.05) is 18.2 Å². The summed E-state index contributed by atoms with van der Waals surface area (Å²) in [6.07, 6.45) is 3.64. The van der Waals surface area contributed by atoms with E-state index in [9.17, 15) is 0 Å². The van der Waals surface area contributed by atoms with E-state index in [1.165, 1.54) is 16.8 Å². The molecule has 112 valence electrons. The SMILES string of the molecule is Cc1nn(-c2ccccc2)c(C)c1CNCc1ccncc1. The van der Waals surface area contributed by atoms with Crippen molar-refractivity contribution in [3.05, 3.63) is 77.4 Å². The number of nitrogens with one attached hydrogen (secondary N) is 1. The molecule has 0 aliphatic heterocycles. The first-order chi connectivity index (χ1) is 10.8. The zero-order valence-corrected chi connectivity index (χ0v) is 13.0. The fourth-order valence-electron chi connectivity index (χ4n) is 2.58. The Balaban J connectivity index is 1.73. The second-order valence-electron chi connectivity index (χ2n) is 5.36. The van der Waals surface area contributed by atoms with Crippen LogP contribution < -0.4 is 5.32 Å². The van der Waals surface area contributed by atoms with Crippen LogP contribution in [0.15, 0.2) is 54.9 Å². The summed E-state index contributed by atoms with van der Waals surface area (Å²) in [5.74, 6) is 0. The zero-order chi connectivity index (χ0) is 15.4. The molecule has 4 heteroatoms. The lowest BCUT2D eigenvalue weighted by Crippen LogP contribution is -2.14. The Kier molecular flexibility index (Phi) is 4.30. The van der Waals surface area contributed by atoms with E-state index >= 15 is 0 Å². The fourth-order valence-corrected chi connectivity index (χ4v) is 2.58. The number of para-hydroxylation sites is 1. The number of hydrogen-bond acceptors (Lipinski definition) is 3. The van der Waals surface area contributed by atoms with Gasteiger partial charge < -0.3 is 5.32 Å². The van der Waals surface area contributed by atoms with Crippen molar-refractivity contribution in [1.29, 1.82) is 0 Å². The number of benzene rings is 1. The van der Waals surface area contributed by atoms with E-state index in [0.29, 0.717) is 0 Å². The van der Waals surface area contributed by atoms with Gasteiger partial charge in [0, 0.05) is 36.7 Å². The number of aromatic nitrogens is 3. The standard InChI is InChI=1S/C18H20N4/c1-14-18(13-20-12-16-8-10-19-11-9-16)15(2)22(21-14)17-6-4-3-5-7-17/h3-11,20H,12-13H2,1-2H3. The molecule has 0 spiro atoms. The van der Waals surface area contributed by atoms with Crippen LogP contribution in [0.2, 0.25) is 0 Å². The van der Waals surface area contributed by atoms with Crippen molar-refractivity contribution in [2.45, 2.75) is 26.9 Å².